The van der Waals surface area contributed by atoms with Crippen LogP contribution in [-0.4, -0.2) is 24.0 Å². The molecular weight excluding hydrogens is 321 g/mol. The molecule has 0 bridgehead atoms. The minimum absolute atomic E-state index is 0.207. The van der Waals surface area contributed by atoms with E-state index in [4.69, 9.17) is 0 Å². The second kappa shape index (κ2) is 6.23. The normalized spacial score (nSPS) is 22.0. The van der Waals surface area contributed by atoms with Crippen molar-refractivity contribution in [1.29, 1.82) is 0 Å². The summed E-state index contributed by atoms with van der Waals surface area (Å²) in [7, 11) is 1.25. The number of ether oxygens (including phenoxy) is 1. The Labute approximate surface area is 128 Å². The quantitative estimate of drug-likeness (QED) is 0.839. The van der Waals surface area contributed by atoms with Gasteiger partial charge >= 0.3 is 12.1 Å². The van der Waals surface area contributed by atoms with Crippen LogP contribution in [0.15, 0.2) is 5.38 Å². The number of hydrogen-bond acceptors (Lipinski definition) is 5. The van der Waals surface area contributed by atoms with Gasteiger partial charge in [-0.2, -0.15) is 13.2 Å². The Morgan fingerprint density at radius 1 is 1.50 bits per heavy atom. The second-order valence-electron chi connectivity index (χ2n) is 5.01. The van der Waals surface area contributed by atoms with Gasteiger partial charge in [-0.1, -0.05) is 6.92 Å². The Morgan fingerprint density at radius 3 is 2.68 bits per heavy atom. The number of aromatic nitrogens is 1. The summed E-state index contributed by atoms with van der Waals surface area (Å²) >= 11 is 0.857. The minimum atomic E-state index is -4.50. The number of halogens is 3. The smallest absolute Gasteiger partial charge is 0.434 e. The van der Waals surface area contributed by atoms with E-state index in [2.05, 4.69) is 15.0 Å². The van der Waals surface area contributed by atoms with Crippen LogP contribution in [0.2, 0.25) is 0 Å². The number of thiazole rings is 1. The number of nitrogens with zero attached hydrogens (tertiary/aromatic N) is 1. The molecule has 1 aromatic rings. The average Bonchev–Trinajstić information content (AvgIpc) is 3.10. The molecule has 0 spiro atoms. The van der Waals surface area contributed by atoms with E-state index in [-0.39, 0.29) is 10.9 Å². The zero-order chi connectivity index (χ0) is 16.5. The predicted molar refractivity (Wildman–Crippen MR) is 71.9 cm³/mol. The first kappa shape index (κ1) is 16.7. The second-order valence-corrected chi connectivity index (χ2v) is 5.90. The Morgan fingerprint density at radius 2 is 2.18 bits per heavy atom. The Hall–Kier alpha value is -1.64. The van der Waals surface area contributed by atoms with Gasteiger partial charge in [0, 0.05) is 5.38 Å². The topological polar surface area (TPSA) is 68.3 Å². The SMILES string of the molecule is CC[C@H](NC(=O)[C@@H]1C[C@H]1C(=O)OC)c1nc(C(F)(F)F)cs1. The molecule has 1 aliphatic rings. The Balaban J connectivity index is 2.00. The molecule has 0 aromatic carbocycles. The highest BCUT2D eigenvalue weighted by atomic mass is 32.1. The summed E-state index contributed by atoms with van der Waals surface area (Å²) in [6.45, 7) is 1.74. The van der Waals surface area contributed by atoms with Gasteiger partial charge < -0.3 is 10.1 Å². The van der Waals surface area contributed by atoms with Gasteiger partial charge in [0.15, 0.2) is 5.69 Å². The van der Waals surface area contributed by atoms with E-state index in [1.165, 1.54) is 7.11 Å². The molecule has 3 atom stereocenters. The van der Waals surface area contributed by atoms with Gasteiger partial charge in [0.25, 0.3) is 0 Å². The van der Waals surface area contributed by atoms with Crippen LogP contribution < -0.4 is 5.32 Å². The number of amides is 1. The number of nitrogens with one attached hydrogen (secondary N) is 1. The van der Waals surface area contributed by atoms with Crippen LogP contribution in [-0.2, 0) is 20.5 Å². The van der Waals surface area contributed by atoms with Crippen molar-refractivity contribution in [2.45, 2.75) is 32.0 Å². The lowest BCUT2D eigenvalue weighted by molar-refractivity contribution is -0.143. The van der Waals surface area contributed by atoms with Crippen molar-refractivity contribution in [2.24, 2.45) is 11.8 Å². The zero-order valence-electron chi connectivity index (χ0n) is 11.9. The van der Waals surface area contributed by atoms with E-state index in [1.807, 2.05) is 0 Å². The third-order valence-corrected chi connectivity index (χ3v) is 4.42. The molecule has 122 valence electrons. The maximum absolute atomic E-state index is 12.6. The standard InChI is InChI=1S/C13H15F3N2O3S/c1-3-8(11-18-9(5-22-11)13(14,15)16)17-10(19)6-4-7(6)12(20)21-2/h5-8H,3-4H2,1-2H3,(H,17,19)/t6-,7-,8+/m1/s1. The van der Waals surface area contributed by atoms with Gasteiger partial charge in [0.2, 0.25) is 5.91 Å². The van der Waals surface area contributed by atoms with Crippen molar-refractivity contribution in [3.8, 4) is 0 Å². The first-order valence-electron chi connectivity index (χ1n) is 6.68. The monoisotopic (exact) mass is 336 g/mol. The molecule has 9 heteroatoms. The van der Waals surface area contributed by atoms with Crippen LogP contribution in [0.4, 0.5) is 13.2 Å². The highest BCUT2D eigenvalue weighted by Crippen LogP contribution is 2.40. The summed E-state index contributed by atoms with van der Waals surface area (Å²) in [4.78, 5) is 26.9. The number of esters is 1. The van der Waals surface area contributed by atoms with E-state index in [0.717, 1.165) is 16.7 Å². The lowest BCUT2D eigenvalue weighted by atomic mass is 10.2. The number of rotatable bonds is 5. The summed E-state index contributed by atoms with van der Waals surface area (Å²) in [6.07, 6.45) is -3.68. The van der Waals surface area contributed by atoms with Gasteiger partial charge in [-0.25, -0.2) is 4.98 Å². The molecule has 1 saturated carbocycles. The molecule has 22 heavy (non-hydrogen) atoms. The number of carbonyl (C=O) groups excluding carboxylic acids is 2. The van der Waals surface area contributed by atoms with Crippen molar-refractivity contribution >= 4 is 23.2 Å². The summed E-state index contributed by atoms with van der Waals surface area (Å²) < 4.78 is 42.2. The minimum Gasteiger partial charge on any atom is -0.469 e. The van der Waals surface area contributed by atoms with Crippen molar-refractivity contribution in [1.82, 2.24) is 10.3 Å². The summed E-state index contributed by atoms with van der Waals surface area (Å²) in [5.41, 5.74) is -0.959. The third kappa shape index (κ3) is 3.57. The van der Waals surface area contributed by atoms with Crippen molar-refractivity contribution < 1.29 is 27.5 Å². The van der Waals surface area contributed by atoms with Crippen molar-refractivity contribution in [2.75, 3.05) is 7.11 Å². The van der Waals surface area contributed by atoms with Gasteiger partial charge in [-0.05, 0) is 12.8 Å². The molecule has 1 aromatic heterocycles. The van der Waals surface area contributed by atoms with Gasteiger partial charge in [-0.15, -0.1) is 11.3 Å². The molecule has 1 N–H and O–H groups in total. The molecule has 0 aliphatic heterocycles. The van der Waals surface area contributed by atoms with Crippen LogP contribution in [0.5, 0.6) is 0 Å². The van der Waals surface area contributed by atoms with Gasteiger partial charge in [-0.3, -0.25) is 9.59 Å². The molecule has 0 radical (unpaired) electrons. The lowest BCUT2D eigenvalue weighted by Gasteiger charge is -2.14. The van der Waals surface area contributed by atoms with Crippen LogP contribution in [0, 0.1) is 11.8 Å². The van der Waals surface area contributed by atoms with E-state index in [1.54, 1.807) is 6.92 Å². The van der Waals surface area contributed by atoms with Crippen LogP contribution in [0.3, 0.4) is 0 Å². The molecular formula is C13H15F3N2O3S. The van der Waals surface area contributed by atoms with Crippen LogP contribution in [0.25, 0.3) is 0 Å². The molecule has 0 unspecified atom stereocenters. The van der Waals surface area contributed by atoms with E-state index in [0.29, 0.717) is 12.8 Å². The third-order valence-electron chi connectivity index (χ3n) is 3.47. The number of hydrogen-bond donors (Lipinski definition) is 1. The zero-order valence-corrected chi connectivity index (χ0v) is 12.8. The van der Waals surface area contributed by atoms with Crippen LogP contribution in [0.1, 0.15) is 36.5 Å². The highest BCUT2D eigenvalue weighted by Gasteiger charge is 2.49. The van der Waals surface area contributed by atoms with E-state index < -0.39 is 35.7 Å². The maximum atomic E-state index is 12.6. The summed E-state index contributed by atoms with van der Waals surface area (Å²) in [5, 5.41) is 3.79. The lowest BCUT2D eigenvalue weighted by Crippen LogP contribution is -2.30. The molecule has 1 fully saturated rings. The summed E-state index contributed by atoms with van der Waals surface area (Å²) in [6, 6.07) is -0.590. The average molecular weight is 336 g/mol. The number of alkyl halides is 3. The molecule has 5 nitrogen and oxygen atoms in total. The van der Waals surface area contributed by atoms with Gasteiger partial charge in [0.05, 0.1) is 25.0 Å². The first-order chi connectivity index (χ1) is 10.3. The maximum Gasteiger partial charge on any atom is 0.434 e. The first-order valence-corrected chi connectivity index (χ1v) is 7.56. The Bertz CT molecular complexity index is 573. The van der Waals surface area contributed by atoms with Crippen molar-refractivity contribution in [3.63, 3.8) is 0 Å². The van der Waals surface area contributed by atoms with Crippen molar-refractivity contribution in [3.05, 3.63) is 16.1 Å². The predicted octanol–water partition coefficient (Wildman–Crippen LogP) is 2.54. The molecule has 0 saturated heterocycles. The van der Waals surface area contributed by atoms with E-state index >= 15 is 0 Å². The molecule has 1 amide bonds. The molecule has 1 heterocycles. The highest BCUT2D eigenvalue weighted by molar-refractivity contribution is 7.09. The number of methoxy groups -OCH3 is 1. The van der Waals surface area contributed by atoms with Crippen LogP contribution >= 0.6 is 11.3 Å². The summed E-state index contributed by atoms with van der Waals surface area (Å²) in [5.74, 6) is -1.72. The Kier molecular flexibility index (Phi) is 4.74. The fraction of sp³-hybridized carbons (Fsp3) is 0.615. The largest absolute Gasteiger partial charge is 0.469 e. The fourth-order valence-electron chi connectivity index (χ4n) is 2.09. The molecule has 1 aliphatic carbocycles. The molecule has 2 rings (SSSR count). The van der Waals surface area contributed by atoms with Gasteiger partial charge in [0.1, 0.15) is 5.01 Å². The fourth-order valence-corrected chi connectivity index (χ4v) is 3.05. The van der Waals surface area contributed by atoms with E-state index in [9.17, 15) is 22.8 Å². The number of carbonyl (C=O) groups is 2.